The molecular formula is C12H14N2O. The molecule has 1 aromatic heterocycles. The van der Waals surface area contributed by atoms with E-state index in [2.05, 4.69) is 15.6 Å². The molecular weight excluding hydrogens is 188 g/mol. The SMILES string of the molecule is COc1cccc(Cn2ccnc2C)c1. The van der Waals surface area contributed by atoms with Gasteiger partial charge in [0.05, 0.1) is 7.11 Å². The van der Waals surface area contributed by atoms with Gasteiger partial charge in [-0.1, -0.05) is 12.1 Å². The predicted molar refractivity (Wildman–Crippen MR) is 59.1 cm³/mol. The highest BCUT2D eigenvalue weighted by atomic mass is 16.5. The van der Waals surface area contributed by atoms with Gasteiger partial charge < -0.3 is 9.30 Å². The second-order valence-corrected chi connectivity index (χ2v) is 3.45. The average molecular weight is 202 g/mol. The Bertz CT molecular complexity index is 448. The van der Waals surface area contributed by atoms with Crippen molar-refractivity contribution in [1.82, 2.24) is 9.55 Å². The number of methoxy groups -OCH3 is 1. The zero-order valence-corrected chi connectivity index (χ0v) is 8.97. The number of imidazole rings is 1. The quantitative estimate of drug-likeness (QED) is 0.763. The Kier molecular flexibility index (Phi) is 2.72. The lowest BCUT2D eigenvalue weighted by Crippen LogP contribution is -2.00. The van der Waals surface area contributed by atoms with E-state index in [0.717, 1.165) is 18.1 Å². The van der Waals surface area contributed by atoms with Gasteiger partial charge in [0, 0.05) is 18.9 Å². The first kappa shape index (κ1) is 9.77. The summed E-state index contributed by atoms with van der Waals surface area (Å²) in [5.41, 5.74) is 1.22. The molecule has 0 unspecified atom stereocenters. The molecule has 15 heavy (non-hydrogen) atoms. The maximum absolute atomic E-state index is 5.18. The lowest BCUT2D eigenvalue weighted by molar-refractivity contribution is 0.414. The topological polar surface area (TPSA) is 27.1 Å². The first-order valence-corrected chi connectivity index (χ1v) is 4.90. The summed E-state index contributed by atoms with van der Waals surface area (Å²) >= 11 is 0. The largest absolute Gasteiger partial charge is 0.497 e. The van der Waals surface area contributed by atoms with Gasteiger partial charge in [0.15, 0.2) is 0 Å². The third-order valence-corrected chi connectivity index (χ3v) is 2.41. The Labute approximate surface area is 89.3 Å². The molecule has 1 aromatic carbocycles. The van der Waals surface area contributed by atoms with Gasteiger partial charge in [0.1, 0.15) is 11.6 Å². The molecule has 0 atom stereocenters. The normalized spacial score (nSPS) is 10.3. The van der Waals surface area contributed by atoms with Gasteiger partial charge in [-0.25, -0.2) is 4.98 Å². The highest BCUT2D eigenvalue weighted by molar-refractivity contribution is 5.28. The third kappa shape index (κ3) is 2.18. The van der Waals surface area contributed by atoms with Crippen LogP contribution < -0.4 is 4.74 Å². The van der Waals surface area contributed by atoms with E-state index in [-0.39, 0.29) is 0 Å². The van der Waals surface area contributed by atoms with Crippen molar-refractivity contribution >= 4 is 0 Å². The molecule has 0 aliphatic rings. The molecule has 0 radical (unpaired) electrons. The van der Waals surface area contributed by atoms with Crippen LogP contribution in [0.3, 0.4) is 0 Å². The van der Waals surface area contributed by atoms with E-state index in [4.69, 9.17) is 4.74 Å². The molecule has 0 fully saturated rings. The van der Waals surface area contributed by atoms with Crippen LogP contribution in [0.1, 0.15) is 11.4 Å². The highest BCUT2D eigenvalue weighted by Crippen LogP contribution is 2.13. The van der Waals surface area contributed by atoms with Crippen molar-refractivity contribution < 1.29 is 4.74 Å². The van der Waals surface area contributed by atoms with Crippen LogP contribution in [0.5, 0.6) is 5.75 Å². The van der Waals surface area contributed by atoms with Crippen molar-refractivity contribution in [3.05, 3.63) is 48.0 Å². The first-order chi connectivity index (χ1) is 7.29. The van der Waals surface area contributed by atoms with Gasteiger partial charge >= 0.3 is 0 Å². The number of hydrogen-bond donors (Lipinski definition) is 0. The van der Waals surface area contributed by atoms with Crippen molar-refractivity contribution in [3.63, 3.8) is 0 Å². The summed E-state index contributed by atoms with van der Waals surface area (Å²) in [7, 11) is 1.68. The van der Waals surface area contributed by atoms with Crippen LogP contribution in [0.15, 0.2) is 36.7 Å². The van der Waals surface area contributed by atoms with Crippen LogP contribution in [-0.2, 0) is 6.54 Å². The number of rotatable bonds is 3. The average Bonchev–Trinajstić information content (AvgIpc) is 2.65. The van der Waals surface area contributed by atoms with E-state index in [1.807, 2.05) is 37.5 Å². The fourth-order valence-corrected chi connectivity index (χ4v) is 1.54. The number of aryl methyl sites for hydroxylation is 1. The molecule has 0 N–H and O–H groups in total. The van der Waals surface area contributed by atoms with Crippen molar-refractivity contribution in [2.45, 2.75) is 13.5 Å². The molecule has 78 valence electrons. The molecule has 3 nitrogen and oxygen atoms in total. The predicted octanol–water partition coefficient (Wildman–Crippen LogP) is 2.25. The van der Waals surface area contributed by atoms with Crippen LogP contribution in [0, 0.1) is 6.92 Å². The lowest BCUT2D eigenvalue weighted by Gasteiger charge is -2.06. The van der Waals surface area contributed by atoms with E-state index < -0.39 is 0 Å². The number of nitrogens with zero attached hydrogens (tertiary/aromatic N) is 2. The van der Waals surface area contributed by atoms with Crippen molar-refractivity contribution in [2.75, 3.05) is 7.11 Å². The van der Waals surface area contributed by atoms with Crippen LogP contribution in [-0.4, -0.2) is 16.7 Å². The van der Waals surface area contributed by atoms with E-state index >= 15 is 0 Å². The maximum atomic E-state index is 5.18. The molecule has 0 amide bonds. The zero-order chi connectivity index (χ0) is 10.7. The fraction of sp³-hybridized carbons (Fsp3) is 0.250. The molecule has 0 aliphatic carbocycles. The lowest BCUT2D eigenvalue weighted by atomic mass is 10.2. The Morgan fingerprint density at radius 3 is 2.93 bits per heavy atom. The van der Waals surface area contributed by atoms with Crippen LogP contribution in [0.25, 0.3) is 0 Å². The fourth-order valence-electron chi connectivity index (χ4n) is 1.54. The smallest absolute Gasteiger partial charge is 0.119 e. The molecule has 1 heterocycles. The van der Waals surface area contributed by atoms with E-state index in [1.54, 1.807) is 7.11 Å². The van der Waals surface area contributed by atoms with Crippen molar-refractivity contribution in [2.24, 2.45) is 0 Å². The Hall–Kier alpha value is -1.77. The highest BCUT2D eigenvalue weighted by Gasteiger charge is 1.99. The van der Waals surface area contributed by atoms with E-state index in [0.29, 0.717) is 0 Å². The first-order valence-electron chi connectivity index (χ1n) is 4.90. The van der Waals surface area contributed by atoms with Crippen molar-refractivity contribution in [1.29, 1.82) is 0 Å². The summed E-state index contributed by atoms with van der Waals surface area (Å²) in [6.45, 7) is 2.84. The molecule has 0 saturated carbocycles. The van der Waals surface area contributed by atoms with Crippen LogP contribution in [0.4, 0.5) is 0 Å². The number of ether oxygens (including phenoxy) is 1. The summed E-state index contributed by atoms with van der Waals surface area (Å²) < 4.78 is 7.29. The summed E-state index contributed by atoms with van der Waals surface area (Å²) in [5.74, 6) is 1.92. The molecule has 2 aromatic rings. The minimum atomic E-state index is 0.836. The summed E-state index contributed by atoms with van der Waals surface area (Å²) in [6.07, 6.45) is 3.80. The zero-order valence-electron chi connectivity index (χ0n) is 8.97. The third-order valence-electron chi connectivity index (χ3n) is 2.41. The Morgan fingerprint density at radius 2 is 2.27 bits per heavy atom. The van der Waals surface area contributed by atoms with Gasteiger partial charge in [0.25, 0.3) is 0 Å². The molecule has 0 saturated heterocycles. The summed E-state index contributed by atoms with van der Waals surface area (Å²) in [6, 6.07) is 8.08. The minimum absolute atomic E-state index is 0.836. The van der Waals surface area contributed by atoms with Crippen LogP contribution in [0.2, 0.25) is 0 Å². The molecule has 0 aliphatic heterocycles. The Morgan fingerprint density at radius 1 is 1.40 bits per heavy atom. The van der Waals surface area contributed by atoms with Gasteiger partial charge in [0.2, 0.25) is 0 Å². The second-order valence-electron chi connectivity index (χ2n) is 3.45. The molecule has 3 heteroatoms. The van der Waals surface area contributed by atoms with Crippen molar-refractivity contribution in [3.8, 4) is 5.75 Å². The summed E-state index contributed by atoms with van der Waals surface area (Å²) in [5, 5.41) is 0. The monoisotopic (exact) mass is 202 g/mol. The molecule has 0 bridgehead atoms. The number of benzene rings is 1. The van der Waals surface area contributed by atoms with E-state index in [1.165, 1.54) is 5.56 Å². The summed E-state index contributed by atoms with van der Waals surface area (Å²) in [4.78, 5) is 4.19. The van der Waals surface area contributed by atoms with E-state index in [9.17, 15) is 0 Å². The molecule has 2 rings (SSSR count). The van der Waals surface area contributed by atoms with Crippen LogP contribution >= 0.6 is 0 Å². The standard InChI is InChI=1S/C12H14N2O/c1-10-13-6-7-14(10)9-11-4-3-5-12(8-11)15-2/h3-8H,9H2,1-2H3. The minimum Gasteiger partial charge on any atom is -0.497 e. The van der Waals surface area contributed by atoms with Gasteiger partial charge in [-0.3, -0.25) is 0 Å². The Balaban J connectivity index is 2.21. The number of hydrogen-bond acceptors (Lipinski definition) is 2. The van der Waals surface area contributed by atoms with Gasteiger partial charge in [-0.15, -0.1) is 0 Å². The van der Waals surface area contributed by atoms with Gasteiger partial charge in [-0.2, -0.15) is 0 Å². The van der Waals surface area contributed by atoms with Gasteiger partial charge in [-0.05, 0) is 24.6 Å². The maximum Gasteiger partial charge on any atom is 0.119 e. The molecule has 0 spiro atoms. The number of aromatic nitrogens is 2. The second kappa shape index (κ2) is 4.17.